The molecular weight excluding hydrogens is 502 g/mol. The molecule has 3 aromatic heterocycles. The summed E-state index contributed by atoms with van der Waals surface area (Å²) >= 11 is 3.41. The highest BCUT2D eigenvalue weighted by molar-refractivity contribution is 9.10. The van der Waals surface area contributed by atoms with Crippen LogP contribution in [-0.2, 0) is 11.3 Å². The van der Waals surface area contributed by atoms with Crippen LogP contribution in [0.4, 0.5) is 0 Å². The van der Waals surface area contributed by atoms with Crippen molar-refractivity contribution in [2.75, 3.05) is 7.11 Å². The van der Waals surface area contributed by atoms with Gasteiger partial charge in [-0.05, 0) is 42.5 Å². The first-order valence-electron chi connectivity index (χ1n) is 10.3. The Morgan fingerprint density at radius 3 is 2.79 bits per heavy atom. The van der Waals surface area contributed by atoms with Gasteiger partial charge in [0.25, 0.3) is 0 Å². The number of carbonyl (C=O) groups excluding carboxylic acids is 2. The number of aromatic nitrogens is 1. The van der Waals surface area contributed by atoms with E-state index in [0.29, 0.717) is 17.9 Å². The second-order valence-electron chi connectivity index (χ2n) is 7.48. The highest BCUT2D eigenvalue weighted by atomic mass is 79.9. The largest absolute Gasteiger partial charge is 0.463 e. The van der Waals surface area contributed by atoms with Gasteiger partial charge < -0.3 is 18.1 Å². The van der Waals surface area contributed by atoms with Crippen molar-refractivity contribution < 1.29 is 23.2 Å². The number of nitrogens with one attached hydrogen (secondary N) is 1. The zero-order valence-corrected chi connectivity index (χ0v) is 19.5. The number of fused-ring (bicyclic) bond motifs is 2. The molecule has 0 unspecified atom stereocenters. The number of para-hydroxylation sites is 1. The molecule has 8 nitrogen and oxygen atoms in total. The minimum Gasteiger partial charge on any atom is -0.463 e. The molecule has 170 valence electrons. The zero-order chi connectivity index (χ0) is 23.7. The van der Waals surface area contributed by atoms with Gasteiger partial charge in [-0.15, -0.1) is 0 Å². The Kier molecular flexibility index (Phi) is 5.77. The van der Waals surface area contributed by atoms with Gasteiger partial charge in [0.05, 0.1) is 19.9 Å². The second-order valence-corrected chi connectivity index (χ2v) is 8.39. The van der Waals surface area contributed by atoms with Crippen LogP contribution in [0.15, 0.2) is 85.3 Å². The Balaban J connectivity index is 1.35. The lowest BCUT2D eigenvalue weighted by Gasteiger charge is -2.02. The standard InChI is InChI=1S/C25H18BrN3O5/c1-32-25(31)22-9-7-18(33-22)14-29-13-16(19-4-2-3-5-20(19)29)12-27-28-24(30)23-11-15-10-17(26)6-8-21(15)34-23/h2-13H,14H2,1H3,(H,28,30)/b27-12+. The molecule has 0 saturated heterocycles. The number of esters is 1. The summed E-state index contributed by atoms with van der Waals surface area (Å²) in [5, 5.41) is 5.89. The fraction of sp³-hybridized carbons (Fsp3) is 0.0800. The fourth-order valence-electron chi connectivity index (χ4n) is 3.69. The van der Waals surface area contributed by atoms with Crippen molar-refractivity contribution in [2.45, 2.75) is 6.54 Å². The van der Waals surface area contributed by atoms with E-state index in [2.05, 4.69) is 26.5 Å². The Morgan fingerprint density at radius 1 is 1.09 bits per heavy atom. The molecule has 9 heteroatoms. The molecule has 0 fully saturated rings. The molecule has 0 saturated carbocycles. The van der Waals surface area contributed by atoms with E-state index < -0.39 is 11.9 Å². The molecule has 1 N–H and O–H groups in total. The fourth-order valence-corrected chi connectivity index (χ4v) is 4.07. The van der Waals surface area contributed by atoms with Crippen molar-refractivity contribution in [1.82, 2.24) is 9.99 Å². The second kappa shape index (κ2) is 9.03. The summed E-state index contributed by atoms with van der Waals surface area (Å²) in [6, 6.07) is 18.3. The van der Waals surface area contributed by atoms with E-state index in [-0.39, 0.29) is 11.5 Å². The molecule has 0 aliphatic heterocycles. The van der Waals surface area contributed by atoms with Gasteiger partial charge in [-0.1, -0.05) is 34.1 Å². The van der Waals surface area contributed by atoms with Crippen LogP contribution in [0.5, 0.6) is 0 Å². The van der Waals surface area contributed by atoms with E-state index in [4.69, 9.17) is 13.6 Å². The summed E-state index contributed by atoms with van der Waals surface area (Å²) in [4.78, 5) is 24.1. The summed E-state index contributed by atoms with van der Waals surface area (Å²) in [6.07, 6.45) is 3.48. The predicted octanol–water partition coefficient (Wildman–Crippen LogP) is 5.34. The number of hydrogen-bond acceptors (Lipinski definition) is 6. The quantitative estimate of drug-likeness (QED) is 0.185. The third-order valence-corrected chi connectivity index (χ3v) is 5.76. The maximum Gasteiger partial charge on any atom is 0.373 e. The van der Waals surface area contributed by atoms with Crippen LogP contribution in [0.3, 0.4) is 0 Å². The maximum absolute atomic E-state index is 12.5. The number of nitrogens with zero attached hydrogens (tertiary/aromatic N) is 2. The molecule has 0 aliphatic carbocycles. The molecule has 34 heavy (non-hydrogen) atoms. The van der Waals surface area contributed by atoms with Crippen molar-refractivity contribution in [3.05, 3.63) is 94.2 Å². The molecule has 2 aromatic carbocycles. The molecule has 0 bridgehead atoms. The van der Waals surface area contributed by atoms with E-state index in [0.717, 1.165) is 26.3 Å². The van der Waals surface area contributed by atoms with Crippen molar-refractivity contribution >= 4 is 55.9 Å². The Bertz CT molecular complexity index is 1560. The normalized spacial score (nSPS) is 11.5. The molecule has 0 spiro atoms. The van der Waals surface area contributed by atoms with Crippen molar-refractivity contribution in [3.63, 3.8) is 0 Å². The van der Waals surface area contributed by atoms with Crippen LogP contribution in [0.1, 0.15) is 32.4 Å². The number of ether oxygens (including phenoxy) is 1. The van der Waals surface area contributed by atoms with Gasteiger partial charge in [0.15, 0.2) is 5.76 Å². The molecule has 5 aromatic rings. The number of halogens is 1. The van der Waals surface area contributed by atoms with Crippen LogP contribution in [-0.4, -0.2) is 29.8 Å². The zero-order valence-electron chi connectivity index (χ0n) is 17.9. The lowest BCUT2D eigenvalue weighted by molar-refractivity contribution is 0.0562. The summed E-state index contributed by atoms with van der Waals surface area (Å²) < 4.78 is 18.8. The number of benzene rings is 2. The van der Waals surface area contributed by atoms with Crippen LogP contribution < -0.4 is 5.43 Å². The van der Waals surface area contributed by atoms with E-state index in [1.807, 2.05) is 47.2 Å². The lowest BCUT2D eigenvalue weighted by atomic mass is 10.2. The first kappa shape index (κ1) is 21.7. The van der Waals surface area contributed by atoms with Gasteiger partial charge in [0, 0.05) is 32.5 Å². The van der Waals surface area contributed by atoms with E-state index in [9.17, 15) is 9.59 Å². The lowest BCUT2D eigenvalue weighted by Crippen LogP contribution is -2.16. The smallest absolute Gasteiger partial charge is 0.373 e. The van der Waals surface area contributed by atoms with Gasteiger partial charge >= 0.3 is 11.9 Å². The Hall–Kier alpha value is -4.11. The third kappa shape index (κ3) is 4.25. The number of carbonyl (C=O) groups is 2. The number of rotatable bonds is 6. The number of furan rings is 2. The first-order chi connectivity index (χ1) is 16.5. The Labute approximate surface area is 201 Å². The van der Waals surface area contributed by atoms with Crippen LogP contribution in [0, 0.1) is 0 Å². The summed E-state index contributed by atoms with van der Waals surface area (Å²) in [7, 11) is 1.31. The van der Waals surface area contributed by atoms with Crippen LogP contribution in [0.2, 0.25) is 0 Å². The third-order valence-electron chi connectivity index (χ3n) is 5.27. The summed E-state index contributed by atoms with van der Waals surface area (Å²) in [5.74, 6) is -0.0414. The van der Waals surface area contributed by atoms with Gasteiger partial charge in [0.2, 0.25) is 5.76 Å². The van der Waals surface area contributed by atoms with Crippen molar-refractivity contribution in [2.24, 2.45) is 5.10 Å². The molecule has 3 heterocycles. The SMILES string of the molecule is COC(=O)c1ccc(Cn2cc(/C=N/NC(=O)c3cc4cc(Br)ccc4o3)c3ccccc32)o1. The number of amides is 1. The van der Waals surface area contributed by atoms with E-state index in [1.165, 1.54) is 7.11 Å². The van der Waals surface area contributed by atoms with Crippen LogP contribution >= 0.6 is 15.9 Å². The Morgan fingerprint density at radius 2 is 1.94 bits per heavy atom. The topological polar surface area (TPSA) is 99.0 Å². The number of hydrazone groups is 1. The molecule has 1 amide bonds. The van der Waals surface area contributed by atoms with Gasteiger partial charge in [-0.3, -0.25) is 4.79 Å². The maximum atomic E-state index is 12.5. The molecule has 0 radical (unpaired) electrons. The summed E-state index contributed by atoms with van der Waals surface area (Å²) in [5.41, 5.74) is 4.90. The molecular formula is C25H18BrN3O5. The molecule has 5 rings (SSSR count). The molecule has 0 aliphatic rings. The molecule has 0 atom stereocenters. The summed E-state index contributed by atoms with van der Waals surface area (Å²) in [6.45, 7) is 0.409. The highest BCUT2D eigenvalue weighted by Crippen LogP contribution is 2.24. The number of hydrogen-bond donors (Lipinski definition) is 1. The van der Waals surface area contributed by atoms with Gasteiger partial charge in [-0.2, -0.15) is 5.10 Å². The van der Waals surface area contributed by atoms with Crippen LogP contribution in [0.25, 0.3) is 21.9 Å². The van der Waals surface area contributed by atoms with Gasteiger partial charge in [-0.25, -0.2) is 10.2 Å². The minimum atomic E-state index is -0.524. The van der Waals surface area contributed by atoms with E-state index in [1.54, 1.807) is 30.5 Å². The average Bonchev–Trinajstić information content (AvgIpc) is 3.56. The number of methoxy groups -OCH3 is 1. The monoisotopic (exact) mass is 519 g/mol. The van der Waals surface area contributed by atoms with E-state index >= 15 is 0 Å². The average molecular weight is 520 g/mol. The first-order valence-corrected chi connectivity index (χ1v) is 11.1. The van der Waals surface area contributed by atoms with Crippen molar-refractivity contribution in [1.29, 1.82) is 0 Å². The highest BCUT2D eigenvalue weighted by Gasteiger charge is 2.14. The predicted molar refractivity (Wildman–Crippen MR) is 130 cm³/mol. The minimum absolute atomic E-state index is 0.149. The van der Waals surface area contributed by atoms with Gasteiger partial charge in [0.1, 0.15) is 11.3 Å². The van der Waals surface area contributed by atoms with Crippen molar-refractivity contribution in [3.8, 4) is 0 Å².